The summed E-state index contributed by atoms with van der Waals surface area (Å²) in [5, 5.41) is 21.6. The largest absolute Gasteiger partial charge is 0.301 e. The summed E-state index contributed by atoms with van der Waals surface area (Å²) in [6.07, 6.45) is 7.24. The Morgan fingerprint density at radius 2 is 1.96 bits per heavy atom. The Hall–Kier alpha value is -2.26. The third kappa shape index (κ3) is 4.39. The van der Waals surface area contributed by atoms with Gasteiger partial charge in [0.2, 0.25) is 11.0 Å². The summed E-state index contributed by atoms with van der Waals surface area (Å²) in [6.45, 7) is 0. The number of anilines is 1. The van der Waals surface area contributed by atoms with E-state index in [1.807, 2.05) is 12.1 Å². The van der Waals surface area contributed by atoms with Gasteiger partial charge in [-0.15, -0.1) is 10.2 Å². The van der Waals surface area contributed by atoms with Crippen LogP contribution in [0.3, 0.4) is 0 Å². The maximum absolute atomic E-state index is 12.1. The predicted molar refractivity (Wildman–Crippen MR) is 93.8 cm³/mol. The highest BCUT2D eigenvalue weighted by Gasteiger charge is 2.20. The molecular weight excluding hydrogens is 320 g/mol. The summed E-state index contributed by atoms with van der Waals surface area (Å²) in [6, 6.07) is 9.41. The summed E-state index contributed by atoms with van der Waals surface area (Å²) < 4.78 is 0. The molecule has 0 radical (unpaired) electrons. The minimum absolute atomic E-state index is 0.0503. The molecule has 0 bridgehead atoms. The van der Waals surface area contributed by atoms with Crippen molar-refractivity contribution in [2.75, 3.05) is 5.32 Å². The smallest absolute Gasteiger partial charge is 0.226 e. The molecule has 0 unspecified atom stereocenters. The molecule has 3 rings (SSSR count). The number of rotatable bonds is 5. The maximum atomic E-state index is 12.1. The second kappa shape index (κ2) is 8.02. The van der Waals surface area contributed by atoms with E-state index in [0.717, 1.165) is 10.6 Å². The van der Waals surface area contributed by atoms with E-state index in [0.29, 0.717) is 29.5 Å². The van der Waals surface area contributed by atoms with E-state index in [-0.39, 0.29) is 5.91 Å². The van der Waals surface area contributed by atoms with Gasteiger partial charge in [-0.2, -0.15) is 5.26 Å². The minimum Gasteiger partial charge on any atom is -0.301 e. The molecular formula is C18H20N4OS. The molecule has 24 heavy (non-hydrogen) atoms. The van der Waals surface area contributed by atoms with Crippen LogP contribution in [-0.4, -0.2) is 16.1 Å². The number of hydrogen-bond donors (Lipinski definition) is 1. The standard InChI is InChI=1S/C18H20N4OS/c19-12-14-8-6-13(7-9-14)10-11-16(23)20-18-22-21-17(24-18)15-4-2-1-3-5-15/h6-9,15H,1-5,10-11H2,(H,20,22,23). The molecule has 6 heteroatoms. The van der Waals surface area contributed by atoms with Gasteiger partial charge in [0, 0.05) is 12.3 Å². The fourth-order valence-electron chi connectivity index (χ4n) is 2.99. The highest BCUT2D eigenvalue weighted by molar-refractivity contribution is 7.15. The molecule has 0 atom stereocenters. The zero-order valence-electron chi connectivity index (χ0n) is 13.5. The van der Waals surface area contributed by atoms with Gasteiger partial charge in [0.05, 0.1) is 11.6 Å². The Balaban J connectivity index is 1.49. The molecule has 5 nitrogen and oxygen atoms in total. The van der Waals surface area contributed by atoms with Crippen LogP contribution >= 0.6 is 11.3 Å². The van der Waals surface area contributed by atoms with Crippen LogP contribution in [-0.2, 0) is 11.2 Å². The first-order chi connectivity index (χ1) is 11.7. The van der Waals surface area contributed by atoms with Crippen LogP contribution in [0, 0.1) is 11.3 Å². The van der Waals surface area contributed by atoms with Crippen LogP contribution in [0.5, 0.6) is 0 Å². The van der Waals surface area contributed by atoms with E-state index < -0.39 is 0 Å². The molecule has 1 fully saturated rings. The number of aryl methyl sites for hydroxylation is 1. The summed E-state index contributed by atoms with van der Waals surface area (Å²) in [4.78, 5) is 12.1. The van der Waals surface area contributed by atoms with Crippen molar-refractivity contribution >= 4 is 22.4 Å². The van der Waals surface area contributed by atoms with Gasteiger partial charge in [-0.3, -0.25) is 4.79 Å². The Labute approximate surface area is 145 Å². The molecule has 1 saturated carbocycles. The Morgan fingerprint density at radius 1 is 1.21 bits per heavy atom. The van der Waals surface area contributed by atoms with Crippen molar-refractivity contribution in [3.63, 3.8) is 0 Å². The molecule has 2 aromatic rings. The third-order valence-corrected chi connectivity index (χ3v) is 5.37. The number of benzene rings is 1. The summed E-state index contributed by atoms with van der Waals surface area (Å²) in [5.74, 6) is 0.464. The number of hydrogen-bond acceptors (Lipinski definition) is 5. The maximum Gasteiger partial charge on any atom is 0.226 e. The van der Waals surface area contributed by atoms with Crippen molar-refractivity contribution in [3.05, 3.63) is 40.4 Å². The van der Waals surface area contributed by atoms with Crippen LogP contribution in [0.25, 0.3) is 0 Å². The molecule has 1 aliphatic rings. The van der Waals surface area contributed by atoms with Gasteiger partial charge in [-0.05, 0) is 37.0 Å². The molecule has 124 valence electrons. The number of amides is 1. The highest BCUT2D eigenvalue weighted by Crippen LogP contribution is 2.35. The number of aromatic nitrogens is 2. The van der Waals surface area contributed by atoms with Gasteiger partial charge in [0.15, 0.2) is 0 Å². The second-order valence-corrected chi connectivity index (χ2v) is 7.15. The second-order valence-electron chi connectivity index (χ2n) is 6.14. The molecule has 0 spiro atoms. The van der Waals surface area contributed by atoms with Crippen molar-refractivity contribution in [2.24, 2.45) is 0 Å². The average Bonchev–Trinajstić information content (AvgIpc) is 3.09. The molecule has 0 saturated heterocycles. The summed E-state index contributed by atoms with van der Waals surface area (Å²) >= 11 is 1.50. The van der Waals surface area contributed by atoms with Crippen LogP contribution in [0.15, 0.2) is 24.3 Å². The van der Waals surface area contributed by atoms with Crippen molar-refractivity contribution < 1.29 is 4.79 Å². The molecule has 1 heterocycles. The topological polar surface area (TPSA) is 78.7 Å². The zero-order valence-corrected chi connectivity index (χ0v) is 14.3. The molecule has 0 aliphatic heterocycles. The van der Waals surface area contributed by atoms with Gasteiger partial charge >= 0.3 is 0 Å². The summed E-state index contributed by atoms with van der Waals surface area (Å²) in [7, 11) is 0. The van der Waals surface area contributed by atoms with Crippen LogP contribution < -0.4 is 5.32 Å². The van der Waals surface area contributed by atoms with Gasteiger partial charge < -0.3 is 5.32 Å². The lowest BCUT2D eigenvalue weighted by Crippen LogP contribution is -2.12. The lowest BCUT2D eigenvalue weighted by Gasteiger charge is -2.18. The average molecular weight is 340 g/mol. The Bertz CT molecular complexity index is 726. The monoisotopic (exact) mass is 340 g/mol. The van der Waals surface area contributed by atoms with E-state index in [1.165, 1.54) is 43.4 Å². The first-order valence-electron chi connectivity index (χ1n) is 8.37. The van der Waals surface area contributed by atoms with Gasteiger partial charge in [0.1, 0.15) is 5.01 Å². The first kappa shape index (κ1) is 16.6. The number of carbonyl (C=O) groups is 1. The fraction of sp³-hybridized carbons (Fsp3) is 0.444. The van der Waals surface area contributed by atoms with Crippen LogP contribution in [0.2, 0.25) is 0 Å². The minimum atomic E-state index is -0.0503. The first-order valence-corrected chi connectivity index (χ1v) is 9.18. The summed E-state index contributed by atoms with van der Waals surface area (Å²) in [5.41, 5.74) is 1.68. The molecule has 1 aliphatic carbocycles. The SMILES string of the molecule is N#Cc1ccc(CCC(=O)Nc2nnc(C3CCCCC3)s2)cc1. The van der Waals surface area contributed by atoms with Crippen LogP contribution in [0.4, 0.5) is 5.13 Å². The van der Waals surface area contributed by atoms with Crippen LogP contribution in [0.1, 0.15) is 60.6 Å². The van der Waals surface area contributed by atoms with E-state index >= 15 is 0 Å². The Kier molecular flexibility index (Phi) is 5.55. The van der Waals surface area contributed by atoms with E-state index in [1.54, 1.807) is 12.1 Å². The fourth-order valence-corrected chi connectivity index (χ4v) is 3.91. The molecule has 1 aromatic heterocycles. The van der Waals surface area contributed by atoms with Gasteiger partial charge in [0.25, 0.3) is 0 Å². The van der Waals surface area contributed by atoms with Crippen molar-refractivity contribution in [1.82, 2.24) is 10.2 Å². The molecule has 1 amide bonds. The lowest BCUT2D eigenvalue weighted by molar-refractivity contribution is -0.116. The zero-order chi connectivity index (χ0) is 16.8. The van der Waals surface area contributed by atoms with E-state index in [9.17, 15) is 4.79 Å². The van der Waals surface area contributed by atoms with Crippen molar-refractivity contribution in [2.45, 2.75) is 50.9 Å². The van der Waals surface area contributed by atoms with E-state index in [2.05, 4.69) is 21.6 Å². The normalized spacial score (nSPS) is 15.0. The number of carbonyl (C=O) groups excluding carboxylic acids is 1. The van der Waals surface area contributed by atoms with Gasteiger partial charge in [-0.25, -0.2) is 0 Å². The van der Waals surface area contributed by atoms with Gasteiger partial charge in [-0.1, -0.05) is 42.7 Å². The number of nitriles is 1. The predicted octanol–water partition coefficient (Wildman–Crippen LogP) is 4.03. The molecule has 1 N–H and O–H groups in total. The lowest BCUT2D eigenvalue weighted by atomic mass is 9.90. The third-order valence-electron chi connectivity index (χ3n) is 4.37. The van der Waals surface area contributed by atoms with Crippen molar-refractivity contribution in [3.8, 4) is 6.07 Å². The highest BCUT2D eigenvalue weighted by atomic mass is 32.1. The number of nitrogens with one attached hydrogen (secondary N) is 1. The number of nitrogens with zero attached hydrogens (tertiary/aromatic N) is 3. The van der Waals surface area contributed by atoms with Crippen molar-refractivity contribution in [1.29, 1.82) is 5.26 Å². The molecule has 1 aromatic carbocycles. The Morgan fingerprint density at radius 3 is 2.67 bits per heavy atom. The van der Waals surface area contributed by atoms with E-state index in [4.69, 9.17) is 5.26 Å². The quantitative estimate of drug-likeness (QED) is 0.891.